The van der Waals surface area contributed by atoms with Gasteiger partial charge in [0.1, 0.15) is 0 Å². The van der Waals surface area contributed by atoms with Gasteiger partial charge in [0.25, 0.3) is 0 Å². The summed E-state index contributed by atoms with van der Waals surface area (Å²) in [4.78, 5) is 0. The molecule has 13 heavy (non-hydrogen) atoms. The van der Waals surface area contributed by atoms with Crippen molar-refractivity contribution in [3.63, 3.8) is 0 Å². The minimum atomic E-state index is 0.594. The van der Waals surface area contributed by atoms with Gasteiger partial charge in [0.15, 0.2) is 0 Å². The fraction of sp³-hybridized carbons (Fsp3) is 0.455. The molecule has 1 aromatic rings. The number of anilines is 1. The van der Waals surface area contributed by atoms with Gasteiger partial charge in [-0.05, 0) is 37.0 Å². The van der Waals surface area contributed by atoms with Gasteiger partial charge in [0.2, 0.25) is 0 Å². The van der Waals surface area contributed by atoms with E-state index in [0.29, 0.717) is 12.0 Å². The molecule has 0 aromatic heterocycles. The highest BCUT2D eigenvalue weighted by Crippen LogP contribution is 2.35. The number of rotatable bonds is 0. The molecular formula is C11H14BrN. The van der Waals surface area contributed by atoms with Crippen LogP contribution in [0.4, 0.5) is 5.69 Å². The van der Waals surface area contributed by atoms with E-state index in [1.165, 1.54) is 17.7 Å². The molecule has 0 saturated heterocycles. The topological polar surface area (TPSA) is 12.0 Å². The summed E-state index contributed by atoms with van der Waals surface area (Å²) in [6.07, 6.45) is 1.23. The number of nitrogens with one attached hydrogen (secondary N) is 1. The van der Waals surface area contributed by atoms with E-state index >= 15 is 0 Å². The van der Waals surface area contributed by atoms with Gasteiger partial charge in [0.05, 0.1) is 0 Å². The molecule has 1 N–H and O–H groups in total. The zero-order valence-corrected chi connectivity index (χ0v) is 9.56. The van der Waals surface area contributed by atoms with Crippen molar-refractivity contribution in [3.05, 3.63) is 28.2 Å². The first-order valence-electron chi connectivity index (χ1n) is 4.73. The van der Waals surface area contributed by atoms with Crippen molar-refractivity contribution in [2.45, 2.75) is 32.2 Å². The maximum Gasteiger partial charge on any atom is 0.0388 e. The van der Waals surface area contributed by atoms with Gasteiger partial charge in [-0.3, -0.25) is 0 Å². The number of fused-ring (bicyclic) bond motifs is 1. The molecule has 0 radical (unpaired) electrons. The van der Waals surface area contributed by atoms with E-state index in [-0.39, 0.29) is 0 Å². The fourth-order valence-corrected chi connectivity index (χ4v) is 2.43. The third kappa shape index (κ3) is 1.73. The highest BCUT2D eigenvalue weighted by molar-refractivity contribution is 9.10. The van der Waals surface area contributed by atoms with Crippen LogP contribution < -0.4 is 5.32 Å². The van der Waals surface area contributed by atoms with Crippen LogP contribution in [0.15, 0.2) is 22.7 Å². The zero-order chi connectivity index (χ0) is 9.42. The zero-order valence-electron chi connectivity index (χ0n) is 7.97. The predicted octanol–water partition coefficient (Wildman–Crippen LogP) is 3.76. The van der Waals surface area contributed by atoms with Crippen molar-refractivity contribution >= 4 is 21.6 Å². The summed E-state index contributed by atoms with van der Waals surface area (Å²) < 4.78 is 1.15. The Kier molecular flexibility index (Phi) is 2.33. The highest BCUT2D eigenvalue weighted by atomic mass is 79.9. The van der Waals surface area contributed by atoms with Gasteiger partial charge in [-0.2, -0.15) is 0 Å². The summed E-state index contributed by atoms with van der Waals surface area (Å²) in [5, 5.41) is 3.50. The first-order valence-corrected chi connectivity index (χ1v) is 5.52. The summed E-state index contributed by atoms with van der Waals surface area (Å²) in [7, 11) is 0. The molecule has 2 heteroatoms. The Morgan fingerprint density at radius 2 is 2.15 bits per heavy atom. The van der Waals surface area contributed by atoms with Crippen molar-refractivity contribution in [2.24, 2.45) is 0 Å². The lowest BCUT2D eigenvalue weighted by molar-refractivity contribution is 0.590. The van der Waals surface area contributed by atoms with Gasteiger partial charge in [-0.25, -0.2) is 0 Å². The Balaban J connectivity index is 2.43. The van der Waals surface area contributed by atoms with E-state index in [9.17, 15) is 0 Å². The smallest absolute Gasteiger partial charge is 0.0388 e. The van der Waals surface area contributed by atoms with Gasteiger partial charge in [-0.15, -0.1) is 0 Å². The van der Waals surface area contributed by atoms with Crippen molar-refractivity contribution < 1.29 is 0 Å². The van der Waals surface area contributed by atoms with Crippen LogP contribution in [0.25, 0.3) is 0 Å². The highest BCUT2D eigenvalue weighted by Gasteiger charge is 2.20. The van der Waals surface area contributed by atoms with E-state index in [1.54, 1.807) is 0 Å². The van der Waals surface area contributed by atoms with Crippen LogP contribution in [0.1, 0.15) is 31.7 Å². The van der Waals surface area contributed by atoms with Crippen molar-refractivity contribution in [3.8, 4) is 0 Å². The van der Waals surface area contributed by atoms with Crippen LogP contribution >= 0.6 is 15.9 Å². The quantitative estimate of drug-likeness (QED) is 0.728. The first-order chi connectivity index (χ1) is 6.16. The van der Waals surface area contributed by atoms with Crippen molar-refractivity contribution in [1.82, 2.24) is 0 Å². The lowest BCUT2D eigenvalue weighted by Crippen LogP contribution is -2.24. The number of halogens is 1. The normalized spacial score (nSPS) is 26.4. The second-order valence-corrected chi connectivity index (χ2v) is 4.83. The van der Waals surface area contributed by atoms with Gasteiger partial charge in [0, 0.05) is 16.2 Å². The molecule has 70 valence electrons. The Morgan fingerprint density at radius 1 is 1.38 bits per heavy atom. The summed E-state index contributed by atoms with van der Waals surface area (Å²) in [6, 6.07) is 7.09. The largest absolute Gasteiger partial charge is 0.382 e. The van der Waals surface area contributed by atoms with Crippen molar-refractivity contribution in [2.75, 3.05) is 5.32 Å². The molecule has 2 rings (SSSR count). The summed E-state index contributed by atoms with van der Waals surface area (Å²) in [5.74, 6) is 0.680. The second-order valence-electron chi connectivity index (χ2n) is 3.91. The molecule has 2 atom stereocenters. The standard InChI is InChI=1S/C11H14BrN/c1-7-5-8(2)13-11-6-9(12)3-4-10(7)11/h3-4,6-8,13H,5H2,1-2H3. The minimum absolute atomic E-state index is 0.594. The molecule has 1 aliphatic heterocycles. The van der Waals surface area contributed by atoms with Crippen LogP contribution in [0.3, 0.4) is 0 Å². The van der Waals surface area contributed by atoms with E-state index in [4.69, 9.17) is 0 Å². The Labute approximate surface area is 87.7 Å². The Hall–Kier alpha value is -0.500. The van der Waals surface area contributed by atoms with Gasteiger partial charge < -0.3 is 5.32 Å². The van der Waals surface area contributed by atoms with E-state index in [2.05, 4.69) is 53.3 Å². The number of hydrogen-bond donors (Lipinski definition) is 1. The molecule has 0 amide bonds. The molecule has 1 nitrogen and oxygen atoms in total. The van der Waals surface area contributed by atoms with E-state index < -0.39 is 0 Å². The molecular weight excluding hydrogens is 226 g/mol. The molecule has 1 aromatic carbocycles. The Morgan fingerprint density at radius 3 is 2.92 bits per heavy atom. The second kappa shape index (κ2) is 3.33. The van der Waals surface area contributed by atoms with Crippen LogP contribution in [0, 0.1) is 0 Å². The lowest BCUT2D eigenvalue weighted by Gasteiger charge is -2.29. The van der Waals surface area contributed by atoms with E-state index in [0.717, 1.165) is 4.47 Å². The molecule has 0 aliphatic carbocycles. The first kappa shape index (κ1) is 9.07. The average Bonchev–Trinajstić information content (AvgIpc) is 2.02. The predicted molar refractivity (Wildman–Crippen MR) is 60.3 cm³/mol. The van der Waals surface area contributed by atoms with Gasteiger partial charge in [-0.1, -0.05) is 28.9 Å². The van der Waals surface area contributed by atoms with E-state index in [1.807, 2.05) is 0 Å². The monoisotopic (exact) mass is 239 g/mol. The summed E-state index contributed by atoms with van der Waals surface area (Å²) in [6.45, 7) is 4.53. The van der Waals surface area contributed by atoms with Crippen LogP contribution in [-0.4, -0.2) is 6.04 Å². The molecule has 0 fully saturated rings. The fourth-order valence-electron chi connectivity index (χ4n) is 2.06. The molecule has 1 aliphatic rings. The van der Waals surface area contributed by atoms with Crippen LogP contribution in [0.5, 0.6) is 0 Å². The third-order valence-electron chi connectivity index (χ3n) is 2.66. The molecule has 0 bridgehead atoms. The van der Waals surface area contributed by atoms with Crippen LogP contribution in [-0.2, 0) is 0 Å². The molecule has 2 unspecified atom stereocenters. The summed E-state index contributed by atoms with van der Waals surface area (Å²) in [5.41, 5.74) is 2.74. The number of benzene rings is 1. The van der Waals surface area contributed by atoms with Gasteiger partial charge >= 0.3 is 0 Å². The third-order valence-corrected chi connectivity index (χ3v) is 3.15. The average molecular weight is 240 g/mol. The molecule has 1 heterocycles. The van der Waals surface area contributed by atoms with Crippen molar-refractivity contribution in [1.29, 1.82) is 0 Å². The molecule has 0 spiro atoms. The maximum absolute atomic E-state index is 3.50. The van der Waals surface area contributed by atoms with Crippen LogP contribution in [0.2, 0.25) is 0 Å². The molecule has 0 saturated carbocycles. The summed E-state index contributed by atoms with van der Waals surface area (Å²) >= 11 is 3.49. The lowest BCUT2D eigenvalue weighted by atomic mass is 9.89. The SMILES string of the molecule is CC1CC(C)c2ccc(Br)cc2N1. The minimum Gasteiger partial charge on any atom is -0.382 e. The Bertz CT molecular complexity index is 322. The maximum atomic E-state index is 3.50. The number of hydrogen-bond acceptors (Lipinski definition) is 1.